The van der Waals surface area contributed by atoms with Gasteiger partial charge in [0.1, 0.15) is 0 Å². The average molecular weight is 370 g/mol. The van der Waals surface area contributed by atoms with E-state index in [1.807, 2.05) is 36.4 Å². The molecular weight excluding hydrogens is 352 g/mol. The molecule has 1 aliphatic heterocycles. The highest BCUT2D eigenvalue weighted by molar-refractivity contribution is 8.18. The number of methoxy groups -OCH3 is 3. The first-order valence-corrected chi connectivity index (χ1v) is 8.61. The Morgan fingerprint density at radius 3 is 2.35 bits per heavy atom. The van der Waals surface area contributed by atoms with E-state index in [0.29, 0.717) is 32.9 Å². The molecule has 134 valence electrons. The summed E-state index contributed by atoms with van der Waals surface area (Å²) in [6, 6.07) is 13.0. The zero-order valence-corrected chi connectivity index (χ0v) is 15.4. The quantitative estimate of drug-likeness (QED) is 0.815. The minimum Gasteiger partial charge on any atom is -0.493 e. The van der Waals surface area contributed by atoms with Crippen molar-refractivity contribution in [1.29, 1.82) is 0 Å². The summed E-state index contributed by atoms with van der Waals surface area (Å²) >= 11 is 1.27. The van der Waals surface area contributed by atoms with Gasteiger partial charge in [0.15, 0.2) is 16.7 Å². The van der Waals surface area contributed by atoms with E-state index in [1.165, 1.54) is 11.8 Å². The zero-order chi connectivity index (χ0) is 18.5. The first-order chi connectivity index (χ1) is 12.7. The summed E-state index contributed by atoms with van der Waals surface area (Å²) in [7, 11) is 4.64. The number of hydrogen-bond acceptors (Lipinski definition) is 6. The molecule has 0 saturated carbocycles. The number of amides is 1. The first-order valence-electron chi connectivity index (χ1n) is 7.80. The van der Waals surface area contributed by atoms with Gasteiger partial charge in [0.2, 0.25) is 5.75 Å². The minimum atomic E-state index is -0.207. The number of amidine groups is 1. The van der Waals surface area contributed by atoms with Crippen LogP contribution in [0.25, 0.3) is 6.08 Å². The van der Waals surface area contributed by atoms with Crippen LogP contribution >= 0.6 is 11.8 Å². The van der Waals surface area contributed by atoms with Crippen molar-refractivity contribution in [3.05, 3.63) is 52.9 Å². The van der Waals surface area contributed by atoms with Crippen LogP contribution in [-0.4, -0.2) is 32.4 Å². The SMILES string of the molecule is COc1ccc(/C=C2/SC(=Nc3ccccc3)NC2=O)c(OC)c1OC. The number of aliphatic imine (C=N–C) groups is 1. The Balaban J connectivity index is 1.93. The minimum absolute atomic E-state index is 0.207. The molecule has 0 radical (unpaired) electrons. The van der Waals surface area contributed by atoms with Gasteiger partial charge < -0.3 is 19.5 Å². The molecule has 3 rings (SSSR count). The van der Waals surface area contributed by atoms with E-state index in [0.717, 1.165) is 5.69 Å². The van der Waals surface area contributed by atoms with Crippen LogP contribution in [0.5, 0.6) is 17.2 Å². The summed E-state index contributed by atoms with van der Waals surface area (Å²) in [5.74, 6) is 1.33. The lowest BCUT2D eigenvalue weighted by Gasteiger charge is -2.14. The standard InChI is InChI=1S/C19H18N2O4S/c1-23-14-10-9-12(16(24-2)17(14)25-3)11-15-18(22)21-19(26-15)20-13-7-5-4-6-8-13/h4-11H,1-3H3,(H,20,21,22)/b15-11+. The van der Waals surface area contributed by atoms with E-state index >= 15 is 0 Å². The van der Waals surface area contributed by atoms with E-state index in [-0.39, 0.29) is 5.91 Å². The lowest BCUT2D eigenvalue weighted by atomic mass is 10.1. The van der Waals surface area contributed by atoms with Crippen LogP contribution in [0.3, 0.4) is 0 Å². The van der Waals surface area contributed by atoms with E-state index in [1.54, 1.807) is 33.5 Å². The largest absolute Gasteiger partial charge is 0.493 e. The number of nitrogens with one attached hydrogen (secondary N) is 1. The lowest BCUT2D eigenvalue weighted by molar-refractivity contribution is -0.115. The third-order valence-electron chi connectivity index (χ3n) is 3.66. The Morgan fingerprint density at radius 1 is 0.962 bits per heavy atom. The third kappa shape index (κ3) is 3.67. The monoisotopic (exact) mass is 370 g/mol. The van der Waals surface area contributed by atoms with Crippen molar-refractivity contribution in [3.8, 4) is 17.2 Å². The number of nitrogens with zero attached hydrogens (tertiary/aromatic N) is 1. The molecule has 1 aliphatic rings. The van der Waals surface area contributed by atoms with Gasteiger partial charge in [-0.15, -0.1) is 0 Å². The smallest absolute Gasteiger partial charge is 0.264 e. The molecule has 1 amide bonds. The molecule has 1 heterocycles. The molecule has 0 spiro atoms. The number of benzene rings is 2. The van der Waals surface area contributed by atoms with Crippen LogP contribution in [0.15, 0.2) is 52.4 Å². The third-order valence-corrected chi connectivity index (χ3v) is 4.57. The summed E-state index contributed by atoms with van der Waals surface area (Å²) in [5.41, 5.74) is 1.49. The number of para-hydroxylation sites is 1. The Labute approximate surface area is 155 Å². The van der Waals surface area contributed by atoms with Gasteiger partial charge in [-0.2, -0.15) is 0 Å². The number of carbonyl (C=O) groups is 1. The second-order valence-corrected chi connectivity index (χ2v) is 6.27. The van der Waals surface area contributed by atoms with E-state index < -0.39 is 0 Å². The second-order valence-electron chi connectivity index (χ2n) is 5.24. The molecule has 1 saturated heterocycles. The Bertz CT molecular complexity index is 879. The highest BCUT2D eigenvalue weighted by Crippen LogP contribution is 2.41. The number of thioether (sulfide) groups is 1. The Hall–Kier alpha value is -2.93. The predicted octanol–water partition coefficient (Wildman–Crippen LogP) is 3.60. The molecule has 1 N–H and O–H groups in total. The molecule has 1 fully saturated rings. The van der Waals surface area contributed by atoms with Crippen LogP contribution in [0.1, 0.15) is 5.56 Å². The molecule has 6 nitrogen and oxygen atoms in total. The number of rotatable bonds is 5. The fraction of sp³-hybridized carbons (Fsp3) is 0.158. The zero-order valence-electron chi connectivity index (χ0n) is 14.6. The molecule has 0 aromatic heterocycles. The van der Waals surface area contributed by atoms with Crippen LogP contribution < -0.4 is 19.5 Å². The highest BCUT2D eigenvalue weighted by Gasteiger charge is 2.25. The normalized spacial score (nSPS) is 16.7. The maximum absolute atomic E-state index is 12.3. The molecule has 0 aliphatic carbocycles. The van der Waals surface area contributed by atoms with Gasteiger partial charge >= 0.3 is 0 Å². The number of hydrogen-bond donors (Lipinski definition) is 1. The summed E-state index contributed by atoms with van der Waals surface area (Å²) in [4.78, 5) is 17.2. The number of ether oxygens (including phenoxy) is 3. The lowest BCUT2D eigenvalue weighted by Crippen LogP contribution is -2.19. The summed E-state index contributed by atoms with van der Waals surface area (Å²) in [6.45, 7) is 0. The van der Waals surface area contributed by atoms with Crippen molar-refractivity contribution in [2.45, 2.75) is 0 Å². The molecule has 2 aromatic carbocycles. The molecule has 0 atom stereocenters. The van der Waals surface area contributed by atoms with Gasteiger partial charge in [-0.1, -0.05) is 18.2 Å². The van der Waals surface area contributed by atoms with E-state index in [4.69, 9.17) is 14.2 Å². The van der Waals surface area contributed by atoms with Crippen molar-refractivity contribution in [2.24, 2.45) is 4.99 Å². The predicted molar refractivity (Wildman–Crippen MR) is 103 cm³/mol. The average Bonchev–Trinajstić information content (AvgIpc) is 3.00. The molecule has 0 bridgehead atoms. The maximum Gasteiger partial charge on any atom is 0.264 e. The van der Waals surface area contributed by atoms with Crippen molar-refractivity contribution in [3.63, 3.8) is 0 Å². The van der Waals surface area contributed by atoms with Crippen LogP contribution in [0, 0.1) is 0 Å². The van der Waals surface area contributed by atoms with Crippen molar-refractivity contribution < 1.29 is 19.0 Å². The van der Waals surface area contributed by atoms with E-state index in [9.17, 15) is 4.79 Å². The molecule has 2 aromatic rings. The molecule has 7 heteroatoms. The Morgan fingerprint density at radius 2 is 1.69 bits per heavy atom. The van der Waals surface area contributed by atoms with Gasteiger partial charge in [-0.05, 0) is 42.1 Å². The van der Waals surface area contributed by atoms with Crippen LogP contribution in [0.2, 0.25) is 0 Å². The van der Waals surface area contributed by atoms with Gasteiger partial charge in [0.25, 0.3) is 5.91 Å². The molecule has 0 unspecified atom stereocenters. The van der Waals surface area contributed by atoms with Crippen molar-refractivity contribution in [2.75, 3.05) is 21.3 Å². The van der Waals surface area contributed by atoms with Gasteiger partial charge in [-0.25, -0.2) is 4.99 Å². The molecular formula is C19H18N2O4S. The van der Waals surface area contributed by atoms with Gasteiger partial charge in [-0.3, -0.25) is 4.79 Å². The van der Waals surface area contributed by atoms with Crippen molar-refractivity contribution >= 4 is 34.6 Å². The Kier molecular flexibility index (Phi) is 5.48. The second kappa shape index (κ2) is 7.97. The van der Waals surface area contributed by atoms with Crippen molar-refractivity contribution in [1.82, 2.24) is 5.32 Å². The van der Waals surface area contributed by atoms with Crippen LogP contribution in [-0.2, 0) is 4.79 Å². The fourth-order valence-electron chi connectivity index (χ4n) is 2.48. The maximum atomic E-state index is 12.3. The topological polar surface area (TPSA) is 69.2 Å². The van der Waals surface area contributed by atoms with Crippen LogP contribution in [0.4, 0.5) is 5.69 Å². The highest BCUT2D eigenvalue weighted by atomic mass is 32.2. The summed E-state index contributed by atoms with van der Waals surface area (Å²) in [6.07, 6.45) is 1.74. The first kappa shape index (κ1) is 17.9. The summed E-state index contributed by atoms with van der Waals surface area (Å²) in [5, 5.41) is 3.30. The van der Waals surface area contributed by atoms with E-state index in [2.05, 4.69) is 10.3 Å². The molecule has 26 heavy (non-hydrogen) atoms. The fourth-order valence-corrected chi connectivity index (χ4v) is 3.31. The van der Waals surface area contributed by atoms with Gasteiger partial charge in [0, 0.05) is 5.56 Å². The number of carbonyl (C=O) groups excluding carboxylic acids is 1. The summed E-state index contributed by atoms with van der Waals surface area (Å²) < 4.78 is 16.1. The van der Waals surface area contributed by atoms with Gasteiger partial charge in [0.05, 0.1) is 31.9 Å².